The number of hydrogen-bond donors (Lipinski definition) is 0. The van der Waals surface area contributed by atoms with Gasteiger partial charge in [-0.15, -0.1) is 11.3 Å². The van der Waals surface area contributed by atoms with Crippen LogP contribution in [-0.2, 0) is 0 Å². The Hall–Kier alpha value is -1.92. The summed E-state index contributed by atoms with van der Waals surface area (Å²) in [5.41, 5.74) is 3.25. The summed E-state index contributed by atoms with van der Waals surface area (Å²) in [6.45, 7) is 4.00. The molecule has 2 nitrogen and oxygen atoms in total. The lowest BCUT2D eigenvalue weighted by Gasteiger charge is -2.01. The van der Waals surface area contributed by atoms with E-state index in [9.17, 15) is 0 Å². The van der Waals surface area contributed by atoms with Gasteiger partial charge in [-0.3, -0.25) is 4.98 Å². The highest BCUT2D eigenvalue weighted by molar-refractivity contribution is 7.16. The lowest BCUT2D eigenvalue weighted by molar-refractivity contribution is 1.13. The molecule has 3 heteroatoms. The Morgan fingerprint density at radius 1 is 1.24 bits per heavy atom. The van der Waals surface area contributed by atoms with Crippen LogP contribution in [0.2, 0.25) is 0 Å². The number of aryl methyl sites for hydroxylation is 2. The molecule has 2 aromatic rings. The van der Waals surface area contributed by atoms with Crippen molar-refractivity contribution in [3.05, 3.63) is 46.6 Å². The van der Waals surface area contributed by atoms with Crippen LogP contribution in [0, 0.1) is 25.2 Å². The van der Waals surface area contributed by atoms with Gasteiger partial charge >= 0.3 is 0 Å². The Bertz CT molecular complexity index is 583. The normalized spacial score (nSPS) is 10.6. The van der Waals surface area contributed by atoms with E-state index in [4.69, 9.17) is 5.26 Å². The van der Waals surface area contributed by atoms with E-state index in [1.807, 2.05) is 32.1 Å². The van der Waals surface area contributed by atoms with E-state index in [1.54, 1.807) is 11.3 Å². The molecule has 0 amide bonds. The van der Waals surface area contributed by atoms with Crippen LogP contribution < -0.4 is 0 Å². The molecule has 2 aromatic heterocycles. The van der Waals surface area contributed by atoms with Crippen LogP contribution in [0.1, 0.15) is 16.3 Å². The maximum absolute atomic E-state index is 8.48. The van der Waals surface area contributed by atoms with Crippen LogP contribution in [0.4, 0.5) is 0 Å². The Kier molecular flexibility index (Phi) is 3.36. The number of nitriles is 1. The molecule has 2 heterocycles. The Labute approximate surface area is 105 Å². The third-order valence-corrected chi connectivity index (χ3v) is 3.41. The number of pyridine rings is 1. The quantitative estimate of drug-likeness (QED) is 0.745. The molecular weight excluding hydrogens is 228 g/mol. The lowest BCUT2D eigenvalue weighted by Crippen LogP contribution is -1.86. The van der Waals surface area contributed by atoms with Gasteiger partial charge in [0, 0.05) is 27.2 Å². The molecule has 0 unspecified atom stereocenters. The number of hydrogen-bond acceptors (Lipinski definition) is 3. The summed E-state index contributed by atoms with van der Waals surface area (Å²) in [5, 5.41) is 8.48. The van der Waals surface area contributed by atoms with Gasteiger partial charge in [-0.25, -0.2) is 0 Å². The standard InChI is InChI=1S/C14H12N2S/c1-10-8-12(9-11(2)16-10)14-6-5-13(17-14)4-3-7-15/h3-6,8-9H,1-2H3. The van der Waals surface area contributed by atoms with E-state index in [1.165, 1.54) is 16.5 Å². The van der Waals surface area contributed by atoms with E-state index >= 15 is 0 Å². The lowest BCUT2D eigenvalue weighted by atomic mass is 10.1. The molecule has 0 aliphatic carbocycles. The van der Waals surface area contributed by atoms with Crippen molar-refractivity contribution in [3.63, 3.8) is 0 Å². The molecule has 0 aliphatic heterocycles. The molecule has 0 aromatic carbocycles. The fraction of sp³-hybridized carbons (Fsp3) is 0.143. The Morgan fingerprint density at radius 2 is 1.94 bits per heavy atom. The molecule has 0 radical (unpaired) electrons. The average Bonchev–Trinajstić information content (AvgIpc) is 2.73. The minimum atomic E-state index is 1.03. The summed E-state index contributed by atoms with van der Waals surface area (Å²) in [6.07, 6.45) is 3.33. The summed E-state index contributed by atoms with van der Waals surface area (Å²) in [6, 6.07) is 10.3. The molecule has 0 saturated carbocycles. The molecule has 0 aliphatic rings. The maximum atomic E-state index is 8.48. The number of thiophene rings is 1. The van der Waals surface area contributed by atoms with E-state index < -0.39 is 0 Å². The third kappa shape index (κ3) is 2.80. The van der Waals surface area contributed by atoms with E-state index in [2.05, 4.69) is 23.2 Å². The van der Waals surface area contributed by atoms with Crippen molar-refractivity contribution in [2.45, 2.75) is 13.8 Å². The van der Waals surface area contributed by atoms with Gasteiger partial charge < -0.3 is 0 Å². The fourth-order valence-electron chi connectivity index (χ4n) is 1.69. The monoisotopic (exact) mass is 240 g/mol. The first kappa shape index (κ1) is 11.6. The van der Waals surface area contributed by atoms with Gasteiger partial charge in [-0.1, -0.05) is 0 Å². The zero-order chi connectivity index (χ0) is 12.3. The molecule has 0 bridgehead atoms. The smallest absolute Gasteiger partial charge is 0.0912 e. The fourth-order valence-corrected chi connectivity index (χ4v) is 2.59. The number of nitrogens with zero attached hydrogens (tertiary/aromatic N) is 2. The third-order valence-electron chi connectivity index (χ3n) is 2.31. The zero-order valence-electron chi connectivity index (χ0n) is 9.77. The summed E-state index contributed by atoms with van der Waals surface area (Å²) in [5.74, 6) is 0. The number of allylic oxidation sites excluding steroid dienone is 1. The average molecular weight is 240 g/mol. The van der Waals surface area contributed by atoms with Gasteiger partial charge in [-0.05, 0) is 49.8 Å². The van der Waals surface area contributed by atoms with Gasteiger partial charge in [0.1, 0.15) is 0 Å². The van der Waals surface area contributed by atoms with Crippen LogP contribution in [0.25, 0.3) is 16.5 Å². The minimum Gasteiger partial charge on any atom is -0.258 e. The molecule has 84 valence electrons. The van der Waals surface area contributed by atoms with Crippen LogP contribution >= 0.6 is 11.3 Å². The zero-order valence-corrected chi connectivity index (χ0v) is 10.6. The second-order valence-corrected chi connectivity index (χ2v) is 4.92. The summed E-state index contributed by atoms with van der Waals surface area (Å²) in [7, 11) is 0. The van der Waals surface area contributed by atoms with Gasteiger partial charge in [0.15, 0.2) is 0 Å². The van der Waals surface area contributed by atoms with Crippen molar-refractivity contribution in [1.29, 1.82) is 5.26 Å². The van der Waals surface area contributed by atoms with Crippen molar-refractivity contribution >= 4 is 17.4 Å². The topological polar surface area (TPSA) is 36.7 Å². The van der Waals surface area contributed by atoms with Crippen LogP contribution in [0.5, 0.6) is 0 Å². The van der Waals surface area contributed by atoms with Gasteiger partial charge in [0.2, 0.25) is 0 Å². The largest absolute Gasteiger partial charge is 0.258 e. The molecule has 0 fully saturated rings. The first-order valence-corrected chi connectivity index (χ1v) is 6.12. The first-order valence-electron chi connectivity index (χ1n) is 5.31. The first-order chi connectivity index (χ1) is 8.19. The predicted octanol–water partition coefficient (Wildman–Crippen LogP) is 3.96. The number of aromatic nitrogens is 1. The van der Waals surface area contributed by atoms with Crippen LogP contribution in [-0.4, -0.2) is 4.98 Å². The van der Waals surface area contributed by atoms with Crippen molar-refractivity contribution in [2.75, 3.05) is 0 Å². The molecular formula is C14H12N2S. The SMILES string of the molecule is Cc1cc(-c2ccc(C=CC#N)s2)cc(C)n1. The highest BCUT2D eigenvalue weighted by atomic mass is 32.1. The van der Waals surface area contributed by atoms with Gasteiger partial charge in [0.25, 0.3) is 0 Å². The highest BCUT2D eigenvalue weighted by Crippen LogP contribution is 2.29. The van der Waals surface area contributed by atoms with E-state index in [0.29, 0.717) is 0 Å². The van der Waals surface area contributed by atoms with Crippen molar-refractivity contribution in [1.82, 2.24) is 4.98 Å². The summed E-state index contributed by atoms with van der Waals surface area (Å²) >= 11 is 1.68. The molecule has 0 atom stereocenters. The highest BCUT2D eigenvalue weighted by Gasteiger charge is 2.03. The molecule has 2 rings (SSSR count). The van der Waals surface area contributed by atoms with Crippen LogP contribution in [0.15, 0.2) is 30.3 Å². The van der Waals surface area contributed by atoms with Crippen LogP contribution in [0.3, 0.4) is 0 Å². The maximum Gasteiger partial charge on any atom is 0.0912 e. The van der Waals surface area contributed by atoms with Crippen molar-refractivity contribution in [3.8, 4) is 16.5 Å². The molecule has 0 N–H and O–H groups in total. The summed E-state index contributed by atoms with van der Waals surface area (Å²) in [4.78, 5) is 6.66. The minimum absolute atomic E-state index is 1.03. The second-order valence-electron chi connectivity index (χ2n) is 3.80. The van der Waals surface area contributed by atoms with E-state index in [-0.39, 0.29) is 0 Å². The number of rotatable bonds is 2. The predicted molar refractivity (Wildman–Crippen MR) is 71.7 cm³/mol. The summed E-state index contributed by atoms with van der Waals surface area (Å²) < 4.78 is 0. The van der Waals surface area contributed by atoms with Gasteiger partial charge in [-0.2, -0.15) is 5.26 Å². The Balaban J connectivity index is 2.37. The van der Waals surface area contributed by atoms with Crippen molar-refractivity contribution in [2.24, 2.45) is 0 Å². The second kappa shape index (κ2) is 4.94. The Morgan fingerprint density at radius 3 is 2.59 bits per heavy atom. The molecule has 17 heavy (non-hydrogen) atoms. The van der Waals surface area contributed by atoms with Crippen molar-refractivity contribution < 1.29 is 0 Å². The van der Waals surface area contributed by atoms with Gasteiger partial charge in [0.05, 0.1) is 6.07 Å². The molecule has 0 spiro atoms. The molecule has 0 saturated heterocycles. The van der Waals surface area contributed by atoms with E-state index in [0.717, 1.165) is 16.3 Å².